The highest BCUT2D eigenvalue weighted by atomic mass is 16.2. The minimum Gasteiger partial charge on any atom is -0.351 e. The Labute approximate surface area is 178 Å². The second-order valence-electron chi connectivity index (χ2n) is 9.14. The van der Waals surface area contributed by atoms with Crippen LogP contribution < -0.4 is 11.1 Å². The van der Waals surface area contributed by atoms with Crippen molar-refractivity contribution < 1.29 is 4.79 Å². The van der Waals surface area contributed by atoms with Gasteiger partial charge in [-0.3, -0.25) is 4.79 Å². The van der Waals surface area contributed by atoms with Gasteiger partial charge in [-0.1, -0.05) is 87.3 Å². The molecule has 3 nitrogen and oxygen atoms in total. The number of hydrogen-bond acceptors (Lipinski definition) is 2. The Bertz CT molecular complexity index is 704. The molecule has 0 spiro atoms. The highest BCUT2D eigenvalue weighted by Crippen LogP contribution is 2.40. The number of nitrogens with one attached hydrogen (secondary N) is 1. The first-order valence-corrected chi connectivity index (χ1v) is 11.0. The molecule has 3 heteroatoms. The maximum absolute atomic E-state index is 12.0. The highest BCUT2D eigenvalue weighted by Gasteiger charge is 2.26. The average molecular weight is 399 g/mol. The van der Waals surface area contributed by atoms with E-state index in [2.05, 4.69) is 63.4 Å². The van der Waals surface area contributed by atoms with Crippen LogP contribution in [0.3, 0.4) is 0 Å². The molecule has 0 heterocycles. The summed E-state index contributed by atoms with van der Waals surface area (Å²) in [6.07, 6.45) is 17.4. The molecule has 162 valence electrons. The molecule has 2 unspecified atom stereocenters. The molecule has 0 aliphatic heterocycles. The van der Waals surface area contributed by atoms with Crippen LogP contribution in [0, 0.1) is 11.3 Å². The fourth-order valence-electron chi connectivity index (χ4n) is 3.64. The van der Waals surface area contributed by atoms with Crippen molar-refractivity contribution in [2.75, 3.05) is 6.54 Å². The van der Waals surface area contributed by atoms with Gasteiger partial charge < -0.3 is 11.1 Å². The number of carbonyl (C=O) groups is 1. The Hall–Kier alpha value is -1.87. The number of allylic oxidation sites excluding steroid dienone is 9. The SMILES string of the molecule is CCC(C)C(N)C(=O)NC/C=C(C)/C=C/C=C(C)/C=C/C1=C(C)CCCC1(C)C. The number of amides is 1. The van der Waals surface area contributed by atoms with Crippen molar-refractivity contribution in [1.82, 2.24) is 5.32 Å². The van der Waals surface area contributed by atoms with E-state index in [1.54, 1.807) is 0 Å². The summed E-state index contributed by atoms with van der Waals surface area (Å²) in [5.74, 6) is 0.114. The number of carbonyl (C=O) groups excluding carboxylic acids is 1. The van der Waals surface area contributed by atoms with E-state index in [4.69, 9.17) is 5.73 Å². The van der Waals surface area contributed by atoms with Crippen molar-refractivity contribution in [3.8, 4) is 0 Å². The predicted octanol–water partition coefficient (Wildman–Crippen LogP) is 6.01. The Morgan fingerprint density at radius 2 is 1.93 bits per heavy atom. The normalized spacial score (nSPS) is 20.4. The first kappa shape index (κ1) is 25.2. The number of rotatable bonds is 9. The Balaban J connectivity index is 2.58. The van der Waals surface area contributed by atoms with Gasteiger partial charge in [-0.25, -0.2) is 0 Å². The third kappa shape index (κ3) is 8.57. The van der Waals surface area contributed by atoms with Crippen molar-refractivity contribution >= 4 is 5.91 Å². The Morgan fingerprint density at radius 3 is 2.55 bits per heavy atom. The molecule has 3 N–H and O–H groups in total. The molecule has 1 aliphatic carbocycles. The van der Waals surface area contributed by atoms with E-state index in [-0.39, 0.29) is 17.2 Å². The lowest BCUT2D eigenvalue weighted by molar-refractivity contribution is -0.123. The maximum Gasteiger partial charge on any atom is 0.237 e. The molecule has 0 aromatic carbocycles. The molecule has 0 bridgehead atoms. The lowest BCUT2D eigenvalue weighted by Crippen LogP contribution is -2.44. The van der Waals surface area contributed by atoms with Crippen LogP contribution in [-0.2, 0) is 4.79 Å². The predicted molar refractivity (Wildman–Crippen MR) is 127 cm³/mol. The zero-order valence-electron chi connectivity index (χ0n) is 19.6. The fourth-order valence-corrected chi connectivity index (χ4v) is 3.64. The molecule has 1 amide bonds. The van der Waals surface area contributed by atoms with E-state index in [0.29, 0.717) is 6.54 Å². The molecule has 1 aliphatic rings. The molecule has 1 rings (SSSR count). The minimum atomic E-state index is -0.436. The van der Waals surface area contributed by atoms with Crippen LogP contribution in [0.2, 0.25) is 0 Å². The summed E-state index contributed by atoms with van der Waals surface area (Å²) in [5, 5.41) is 2.89. The number of hydrogen-bond donors (Lipinski definition) is 2. The van der Waals surface area contributed by atoms with Gasteiger partial charge in [0.05, 0.1) is 6.04 Å². The minimum absolute atomic E-state index is 0.0801. The molecule has 29 heavy (non-hydrogen) atoms. The van der Waals surface area contributed by atoms with Crippen LogP contribution in [-0.4, -0.2) is 18.5 Å². The topological polar surface area (TPSA) is 55.1 Å². The van der Waals surface area contributed by atoms with E-state index in [0.717, 1.165) is 12.0 Å². The van der Waals surface area contributed by atoms with Gasteiger partial charge >= 0.3 is 0 Å². The standard InChI is InChI=1S/C26H42N2O/c1-8-21(4)24(27)25(29)28-18-16-20(3)12-9-11-19(2)14-15-23-22(5)13-10-17-26(23,6)7/h9,11-12,14-16,21,24H,8,10,13,17-18,27H2,1-7H3,(H,28,29)/b12-9+,15-14+,19-11+,20-16+. The van der Waals surface area contributed by atoms with Crippen molar-refractivity contribution in [3.63, 3.8) is 0 Å². The molecule has 0 aromatic heterocycles. The summed E-state index contributed by atoms with van der Waals surface area (Å²) >= 11 is 0. The zero-order chi connectivity index (χ0) is 22.0. The monoisotopic (exact) mass is 398 g/mol. The van der Waals surface area contributed by atoms with Crippen LogP contribution in [0.25, 0.3) is 0 Å². The molecule has 0 aromatic rings. The third-order valence-corrected chi connectivity index (χ3v) is 6.03. The molecule has 0 saturated carbocycles. The van der Waals surface area contributed by atoms with Crippen molar-refractivity contribution in [2.45, 2.75) is 80.2 Å². The van der Waals surface area contributed by atoms with Gasteiger partial charge in [0.25, 0.3) is 0 Å². The number of nitrogens with two attached hydrogens (primary N) is 1. The van der Waals surface area contributed by atoms with Gasteiger partial charge in [0.2, 0.25) is 5.91 Å². The highest BCUT2D eigenvalue weighted by molar-refractivity contribution is 5.81. The molecule has 0 radical (unpaired) electrons. The van der Waals surface area contributed by atoms with Gasteiger partial charge in [-0.15, -0.1) is 0 Å². The molecule has 0 fully saturated rings. The molecule has 2 atom stereocenters. The van der Waals surface area contributed by atoms with Gasteiger partial charge in [0, 0.05) is 6.54 Å². The van der Waals surface area contributed by atoms with Gasteiger partial charge in [-0.2, -0.15) is 0 Å². The van der Waals surface area contributed by atoms with E-state index >= 15 is 0 Å². The third-order valence-electron chi connectivity index (χ3n) is 6.03. The lowest BCUT2D eigenvalue weighted by atomic mass is 9.72. The summed E-state index contributed by atoms with van der Waals surface area (Å²) < 4.78 is 0. The van der Waals surface area contributed by atoms with Gasteiger partial charge in [0.15, 0.2) is 0 Å². The Morgan fingerprint density at radius 1 is 1.24 bits per heavy atom. The molecular formula is C26H42N2O. The molecular weight excluding hydrogens is 356 g/mol. The van der Waals surface area contributed by atoms with E-state index in [9.17, 15) is 4.79 Å². The summed E-state index contributed by atoms with van der Waals surface area (Å²) in [4.78, 5) is 12.0. The van der Waals surface area contributed by atoms with Crippen molar-refractivity contribution in [3.05, 3.63) is 58.7 Å². The van der Waals surface area contributed by atoms with Crippen LogP contribution in [0.4, 0.5) is 0 Å². The average Bonchev–Trinajstić information content (AvgIpc) is 2.65. The second-order valence-corrected chi connectivity index (χ2v) is 9.14. The van der Waals surface area contributed by atoms with Crippen LogP contribution in [0.1, 0.15) is 74.1 Å². The second kappa shape index (κ2) is 12.0. The van der Waals surface area contributed by atoms with Crippen molar-refractivity contribution in [1.29, 1.82) is 0 Å². The van der Waals surface area contributed by atoms with Crippen LogP contribution in [0.15, 0.2) is 58.7 Å². The summed E-state index contributed by atoms with van der Waals surface area (Å²) in [6.45, 7) is 15.7. The van der Waals surface area contributed by atoms with Crippen LogP contribution >= 0.6 is 0 Å². The van der Waals surface area contributed by atoms with E-state index in [1.165, 1.54) is 36.0 Å². The molecule has 0 saturated heterocycles. The van der Waals surface area contributed by atoms with Crippen LogP contribution in [0.5, 0.6) is 0 Å². The summed E-state index contributed by atoms with van der Waals surface area (Å²) in [6, 6.07) is -0.436. The lowest BCUT2D eigenvalue weighted by Gasteiger charge is -2.32. The first-order chi connectivity index (χ1) is 13.6. The Kier molecular flexibility index (Phi) is 10.4. The summed E-state index contributed by atoms with van der Waals surface area (Å²) in [7, 11) is 0. The first-order valence-electron chi connectivity index (χ1n) is 11.0. The van der Waals surface area contributed by atoms with Gasteiger partial charge in [0.1, 0.15) is 0 Å². The zero-order valence-corrected chi connectivity index (χ0v) is 19.6. The van der Waals surface area contributed by atoms with E-state index in [1.807, 2.05) is 26.8 Å². The van der Waals surface area contributed by atoms with Crippen molar-refractivity contribution in [2.24, 2.45) is 17.1 Å². The quantitative estimate of drug-likeness (QED) is 0.467. The van der Waals surface area contributed by atoms with E-state index < -0.39 is 6.04 Å². The maximum atomic E-state index is 12.0. The summed E-state index contributed by atoms with van der Waals surface area (Å²) in [5.41, 5.74) is 11.6. The fraction of sp³-hybridized carbons (Fsp3) is 0.577. The van der Waals surface area contributed by atoms with Gasteiger partial charge in [-0.05, 0) is 56.9 Å². The largest absolute Gasteiger partial charge is 0.351 e. The smallest absolute Gasteiger partial charge is 0.237 e.